The number of carbonyl (C=O) groups excluding carboxylic acids is 1. The van der Waals surface area contributed by atoms with Gasteiger partial charge in [-0.05, 0) is 58.5 Å². The molecule has 0 radical (unpaired) electrons. The van der Waals surface area contributed by atoms with Gasteiger partial charge in [0.05, 0.1) is 16.9 Å². The largest absolute Gasteiger partial charge is 0.496 e. The normalized spacial score (nSPS) is 10.5. The molecule has 1 aromatic heterocycles. The van der Waals surface area contributed by atoms with Crippen LogP contribution in [0.2, 0.25) is 0 Å². The highest BCUT2D eigenvalue weighted by atomic mass is 127. The first-order chi connectivity index (χ1) is 9.70. The molecule has 0 aliphatic rings. The van der Waals surface area contributed by atoms with Crippen LogP contribution in [-0.2, 0) is 0 Å². The van der Waals surface area contributed by atoms with Crippen molar-refractivity contribution in [1.29, 1.82) is 0 Å². The van der Waals surface area contributed by atoms with Crippen LogP contribution in [0.15, 0.2) is 47.8 Å². The molecule has 0 aliphatic carbocycles. The molecule has 0 unspecified atom stereocenters. The Labute approximate surface area is 130 Å². The van der Waals surface area contributed by atoms with E-state index in [2.05, 4.69) is 38.1 Å². The number of halogens is 1. The highest BCUT2D eigenvalue weighted by Crippen LogP contribution is 2.21. The van der Waals surface area contributed by atoms with Crippen LogP contribution in [0.3, 0.4) is 0 Å². The molecule has 0 bridgehead atoms. The van der Waals surface area contributed by atoms with Gasteiger partial charge in [-0.1, -0.05) is 0 Å². The first kappa shape index (κ1) is 14.4. The lowest BCUT2D eigenvalue weighted by Crippen LogP contribution is -2.17. The first-order valence-corrected chi connectivity index (χ1v) is 6.85. The predicted octanol–water partition coefficient (Wildman–Crippen LogP) is 2.46. The molecule has 1 N–H and O–H groups in total. The molecule has 5 nitrogen and oxygen atoms in total. The lowest BCUT2D eigenvalue weighted by molar-refractivity contribution is 0.0955. The first-order valence-electron chi connectivity index (χ1n) is 5.77. The van der Waals surface area contributed by atoms with Gasteiger partial charge in [0.1, 0.15) is 5.75 Å². The van der Waals surface area contributed by atoms with Crippen molar-refractivity contribution >= 4 is 34.7 Å². The number of amides is 1. The number of methoxy groups -OCH3 is 1. The Bertz CT molecular complexity index is 630. The number of hydrogen-bond donors (Lipinski definition) is 1. The minimum absolute atomic E-state index is 0.268. The molecule has 1 aromatic carbocycles. The van der Waals surface area contributed by atoms with Crippen LogP contribution >= 0.6 is 22.6 Å². The number of hydrogen-bond acceptors (Lipinski definition) is 4. The fourth-order valence-electron chi connectivity index (χ4n) is 1.49. The SMILES string of the molecule is COc1ccc(C(=O)NN=Cc2ccncc2)cc1I. The van der Waals surface area contributed by atoms with E-state index in [-0.39, 0.29) is 5.91 Å². The Morgan fingerprint density at radius 3 is 2.75 bits per heavy atom. The van der Waals surface area contributed by atoms with Crippen LogP contribution in [-0.4, -0.2) is 24.2 Å². The van der Waals surface area contributed by atoms with E-state index in [4.69, 9.17) is 4.74 Å². The molecule has 20 heavy (non-hydrogen) atoms. The van der Waals surface area contributed by atoms with Gasteiger partial charge in [-0.2, -0.15) is 5.10 Å². The summed E-state index contributed by atoms with van der Waals surface area (Å²) in [6, 6.07) is 8.79. The summed E-state index contributed by atoms with van der Waals surface area (Å²) < 4.78 is 6.02. The van der Waals surface area contributed by atoms with Crippen LogP contribution in [0.4, 0.5) is 0 Å². The van der Waals surface area contributed by atoms with E-state index in [0.29, 0.717) is 5.56 Å². The third kappa shape index (κ3) is 3.77. The minimum Gasteiger partial charge on any atom is -0.496 e. The number of rotatable bonds is 4. The van der Waals surface area contributed by atoms with E-state index in [1.54, 1.807) is 56.0 Å². The Morgan fingerprint density at radius 2 is 2.10 bits per heavy atom. The zero-order chi connectivity index (χ0) is 14.4. The summed E-state index contributed by atoms with van der Waals surface area (Å²) in [7, 11) is 1.59. The summed E-state index contributed by atoms with van der Waals surface area (Å²) in [5, 5.41) is 3.90. The lowest BCUT2D eigenvalue weighted by Gasteiger charge is -2.05. The molecular formula is C14H12IN3O2. The van der Waals surface area contributed by atoms with Gasteiger partial charge in [0, 0.05) is 18.0 Å². The standard InChI is InChI=1S/C14H12IN3O2/c1-20-13-3-2-11(8-12(13)15)14(19)18-17-9-10-4-6-16-7-5-10/h2-9H,1H3,(H,18,19). The van der Waals surface area contributed by atoms with Crippen molar-refractivity contribution in [1.82, 2.24) is 10.4 Å². The zero-order valence-corrected chi connectivity index (χ0v) is 12.9. The maximum absolute atomic E-state index is 11.9. The molecule has 0 spiro atoms. The van der Waals surface area contributed by atoms with Crippen LogP contribution in [0, 0.1) is 3.57 Å². The topological polar surface area (TPSA) is 63.6 Å². The Morgan fingerprint density at radius 1 is 1.35 bits per heavy atom. The Kier molecular flexibility index (Phi) is 5.05. The minimum atomic E-state index is -0.268. The van der Waals surface area contributed by atoms with Crippen LogP contribution in [0.25, 0.3) is 0 Å². The highest BCUT2D eigenvalue weighted by molar-refractivity contribution is 14.1. The van der Waals surface area contributed by atoms with Gasteiger partial charge in [-0.25, -0.2) is 5.43 Å². The average Bonchev–Trinajstić information content (AvgIpc) is 2.48. The Balaban J connectivity index is 2.02. The number of nitrogens with one attached hydrogen (secondary N) is 1. The fourth-order valence-corrected chi connectivity index (χ4v) is 2.22. The van der Waals surface area contributed by atoms with Gasteiger partial charge in [0.15, 0.2) is 0 Å². The molecular weight excluding hydrogens is 369 g/mol. The second-order valence-corrected chi connectivity index (χ2v) is 4.99. The quantitative estimate of drug-likeness (QED) is 0.503. The van der Waals surface area contributed by atoms with E-state index in [9.17, 15) is 4.79 Å². The number of nitrogens with zero attached hydrogens (tertiary/aromatic N) is 2. The van der Waals surface area contributed by atoms with Crippen molar-refractivity contribution in [2.75, 3.05) is 7.11 Å². The molecule has 1 amide bonds. The van der Waals surface area contributed by atoms with Gasteiger partial charge < -0.3 is 4.74 Å². The van der Waals surface area contributed by atoms with Crippen molar-refractivity contribution in [2.45, 2.75) is 0 Å². The molecule has 102 valence electrons. The van der Waals surface area contributed by atoms with Crippen molar-refractivity contribution < 1.29 is 9.53 Å². The summed E-state index contributed by atoms with van der Waals surface area (Å²) in [5.41, 5.74) is 3.87. The summed E-state index contributed by atoms with van der Waals surface area (Å²) in [6.45, 7) is 0. The van der Waals surface area contributed by atoms with Gasteiger partial charge in [-0.3, -0.25) is 9.78 Å². The lowest BCUT2D eigenvalue weighted by atomic mass is 10.2. The molecule has 2 rings (SSSR count). The maximum Gasteiger partial charge on any atom is 0.271 e. The molecule has 0 aliphatic heterocycles. The Hall–Kier alpha value is -1.96. The predicted molar refractivity (Wildman–Crippen MR) is 85.0 cm³/mol. The van der Waals surface area contributed by atoms with Gasteiger partial charge in [0.25, 0.3) is 5.91 Å². The van der Waals surface area contributed by atoms with E-state index in [0.717, 1.165) is 14.9 Å². The number of ether oxygens (including phenoxy) is 1. The van der Waals surface area contributed by atoms with Crippen molar-refractivity contribution in [3.63, 3.8) is 0 Å². The fraction of sp³-hybridized carbons (Fsp3) is 0.0714. The van der Waals surface area contributed by atoms with Crippen LogP contribution in [0.5, 0.6) is 5.75 Å². The number of aromatic nitrogens is 1. The van der Waals surface area contributed by atoms with Gasteiger partial charge >= 0.3 is 0 Å². The van der Waals surface area contributed by atoms with Crippen molar-refractivity contribution in [2.24, 2.45) is 5.10 Å². The number of carbonyl (C=O) groups is 1. The van der Waals surface area contributed by atoms with Crippen LogP contribution < -0.4 is 10.2 Å². The van der Waals surface area contributed by atoms with E-state index >= 15 is 0 Å². The van der Waals surface area contributed by atoms with Gasteiger partial charge in [-0.15, -0.1) is 0 Å². The second-order valence-electron chi connectivity index (χ2n) is 3.83. The summed E-state index contributed by atoms with van der Waals surface area (Å²) in [4.78, 5) is 15.8. The maximum atomic E-state index is 11.9. The second kappa shape index (κ2) is 6.99. The van der Waals surface area contributed by atoms with Crippen LogP contribution in [0.1, 0.15) is 15.9 Å². The molecule has 2 aromatic rings. The monoisotopic (exact) mass is 381 g/mol. The average molecular weight is 381 g/mol. The van der Waals surface area contributed by atoms with Gasteiger partial charge in [0.2, 0.25) is 0 Å². The smallest absolute Gasteiger partial charge is 0.271 e. The van der Waals surface area contributed by atoms with E-state index < -0.39 is 0 Å². The molecule has 0 saturated carbocycles. The summed E-state index contributed by atoms with van der Waals surface area (Å²) >= 11 is 2.12. The van der Waals surface area contributed by atoms with E-state index in [1.165, 1.54) is 0 Å². The van der Waals surface area contributed by atoms with E-state index in [1.807, 2.05) is 0 Å². The van der Waals surface area contributed by atoms with Crippen molar-refractivity contribution in [3.8, 4) is 5.75 Å². The molecule has 0 fully saturated rings. The summed E-state index contributed by atoms with van der Waals surface area (Å²) in [6.07, 6.45) is 4.89. The zero-order valence-electron chi connectivity index (χ0n) is 10.7. The molecule has 6 heteroatoms. The molecule has 0 saturated heterocycles. The highest BCUT2D eigenvalue weighted by Gasteiger charge is 2.07. The number of hydrazone groups is 1. The van der Waals surface area contributed by atoms with Crippen molar-refractivity contribution in [3.05, 3.63) is 57.4 Å². The summed E-state index contributed by atoms with van der Waals surface area (Å²) in [5.74, 6) is 0.471. The third-order valence-electron chi connectivity index (χ3n) is 2.50. The number of benzene rings is 1. The number of pyridine rings is 1. The molecule has 0 atom stereocenters. The molecule has 1 heterocycles. The third-order valence-corrected chi connectivity index (χ3v) is 3.34.